The number of carbonyl (C=O) groups is 1. The van der Waals surface area contributed by atoms with E-state index in [-0.39, 0.29) is 11.9 Å². The smallest absolute Gasteiger partial charge is 0.240 e. The first-order valence-corrected chi connectivity index (χ1v) is 8.29. The second-order valence-corrected chi connectivity index (χ2v) is 7.08. The van der Waals surface area contributed by atoms with Crippen LogP contribution in [0.3, 0.4) is 0 Å². The van der Waals surface area contributed by atoms with Crippen LogP contribution in [0.5, 0.6) is 0 Å². The number of nitrogens with zero attached hydrogens (tertiary/aromatic N) is 1. The maximum atomic E-state index is 12.7. The maximum Gasteiger partial charge on any atom is 0.240 e. The molecule has 3 heteroatoms. The predicted octanol–water partition coefficient (Wildman–Crippen LogP) is 3.79. The van der Waals surface area contributed by atoms with Crippen molar-refractivity contribution in [1.29, 1.82) is 5.26 Å². The molecule has 0 aromatic rings. The van der Waals surface area contributed by atoms with Gasteiger partial charge in [0.05, 0.1) is 6.07 Å². The van der Waals surface area contributed by atoms with E-state index >= 15 is 0 Å². The molecule has 0 aliphatic heterocycles. The zero-order valence-electron chi connectivity index (χ0n) is 13.0. The average Bonchev–Trinajstić information content (AvgIpc) is 2.68. The fourth-order valence-electron chi connectivity index (χ4n) is 3.91. The number of nitriles is 1. The van der Waals surface area contributed by atoms with Gasteiger partial charge in [0, 0.05) is 6.04 Å². The van der Waals surface area contributed by atoms with Crippen LogP contribution in [-0.2, 0) is 4.79 Å². The molecule has 2 saturated carbocycles. The van der Waals surface area contributed by atoms with Gasteiger partial charge in [-0.15, -0.1) is 0 Å². The Kier molecular flexibility index (Phi) is 5.07. The summed E-state index contributed by atoms with van der Waals surface area (Å²) >= 11 is 0. The lowest BCUT2D eigenvalue weighted by Gasteiger charge is -2.35. The molecule has 1 amide bonds. The van der Waals surface area contributed by atoms with Crippen LogP contribution in [0.2, 0.25) is 0 Å². The van der Waals surface area contributed by atoms with Gasteiger partial charge in [0.25, 0.3) is 0 Å². The molecule has 112 valence electrons. The third-order valence-corrected chi connectivity index (χ3v) is 5.35. The molecular formula is C17H28N2O. The summed E-state index contributed by atoms with van der Waals surface area (Å²) in [6.45, 7) is 4.52. The molecule has 0 aromatic heterocycles. The van der Waals surface area contributed by atoms with Crippen molar-refractivity contribution in [2.75, 3.05) is 0 Å². The lowest BCUT2D eigenvalue weighted by molar-refractivity contribution is -0.130. The third kappa shape index (κ3) is 3.34. The summed E-state index contributed by atoms with van der Waals surface area (Å²) in [5, 5.41) is 12.8. The Balaban J connectivity index is 2.00. The van der Waals surface area contributed by atoms with Crippen molar-refractivity contribution in [2.24, 2.45) is 17.3 Å². The van der Waals surface area contributed by atoms with E-state index in [0.717, 1.165) is 50.9 Å². The minimum absolute atomic E-state index is 0.00769. The maximum absolute atomic E-state index is 12.7. The Bertz CT molecular complexity index is 377. The van der Waals surface area contributed by atoms with Crippen molar-refractivity contribution in [3.8, 4) is 6.07 Å². The predicted molar refractivity (Wildman–Crippen MR) is 79.9 cm³/mol. The highest BCUT2D eigenvalue weighted by Crippen LogP contribution is 2.36. The molecule has 0 spiro atoms. The molecule has 3 unspecified atom stereocenters. The minimum Gasteiger partial charge on any atom is -0.352 e. The van der Waals surface area contributed by atoms with Gasteiger partial charge in [-0.2, -0.15) is 5.26 Å². The Labute approximate surface area is 123 Å². The Morgan fingerprint density at radius 3 is 2.35 bits per heavy atom. The summed E-state index contributed by atoms with van der Waals surface area (Å²) in [6.07, 6.45) is 9.27. The molecule has 20 heavy (non-hydrogen) atoms. The van der Waals surface area contributed by atoms with E-state index < -0.39 is 5.41 Å². The lowest BCUT2D eigenvalue weighted by atomic mass is 9.77. The highest BCUT2D eigenvalue weighted by Gasteiger charge is 2.40. The Hall–Kier alpha value is -1.04. The van der Waals surface area contributed by atoms with E-state index in [0.29, 0.717) is 5.92 Å². The molecule has 2 rings (SSSR count). The molecule has 2 aliphatic carbocycles. The van der Waals surface area contributed by atoms with Crippen LogP contribution >= 0.6 is 0 Å². The highest BCUT2D eigenvalue weighted by molar-refractivity contribution is 5.85. The van der Waals surface area contributed by atoms with Gasteiger partial charge in [0.15, 0.2) is 0 Å². The second kappa shape index (κ2) is 6.61. The molecule has 0 aromatic carbocycles. The molecule has 2 fully saturated rings. The van der Waals surface area contributed by atoms with Crippen LogP contribution in [-0.4, -0.2) is 11.9 Å². The van der Waals surface area contributed by atoms with Gasteiger partial charge in [0.1, 0.15) is 5.41 Å². The van der Waals surface area contributed by atoms with Crippen molar-refractivity contribution in [1.82, 2.24) is 5.32 Å². The first-order chi connectivity index (χ1) is 9.57. The summed E-state index contributed by atoms with van der Waals surface area (Å²) in [5.41, 5.74) is -0.751. The number of hydrogen-bond donors (Lipinski definition) is 1. The zero-order chi connectivity index (χ0) is 14.6. The molecule has 0 heterocycles. The van der Waals surface area contributed by atoms with E-state index in [9.17, 15) is 10.1 Å². The summed E-state index contributed by atoms with van der Waals surface area (Å²) in [7, 11) is 0. The summed E-state index contributed by atoms with van der Waals surface area (Å²) < 4.78 is 0. The first-order valence-electron chi connectivity index (χ1n) is 8.29. The normalized spacial score (nSPS) is 33.8. The SMILES string of the molecule is CC1CCC(NC(=O)C2(C#N)CCCCCC2)C(C)C1. The molecule has 1 N–H and O–H groups in total. The molecule has 3 atom stereocenters. The van der Waals surface area contributed by atoms with Crippen LogP contribution < -0.4 is 5.32 Å². The number of carbonyl (C=O) groups excluding carboxylic acids is 1. The van der Waals surface area contributed by atoms with Crippen LogP contribution in [0.15, 0.2) is 0 Å². The number of rotatable bonds is 2. The molecular weight excluding hydrogens is 248 g/mol. The van der Waals surface area contributed by atoms with Gasteiger partial charge in [-0.25, -0.2) is 0 Å². The number of nitrogens with one attached hydrogen (secondary N) is 1. The van der Waals surface area contributed by atoms with E-state index in [1.165, 1.54) is 12.8 Å². The van der Waals surface area contributed by atoms with Gasteiger partial charge in [-0.05, 0) is 43.9 Å². The van der Waals surface area contributed by atoms with E-state index in [4.69, 9.17) is 0 Å². The van der Waals surface area contributed by atoms with Gasteiger partial charge in [-0.3, -0.25) is 4.79 Å². The summed E-state index contributed by atoms with van der Waals surface area (Å²) in [6, 6.07) is 2.63. The van der Waals surface area contributed by atoms with Crippen molar-refractivity contribution < 1.29 is 4.79 Å². The van der Waals surface area contributed by atoms with Crippen molar-refractivity contribution in [3.05, 3.63) is 0 Å². The van der Waals surface area contributed by atoms with E-state index in [2.05, 4.69) is 25.2 Å². The molecule has 0 saturated heterocycles. The molecule has 2 aliphatic rings. The minimum atomic E-state index is -0.751. The van der Waals surface area contributed by atoms with Crippen LogP contribution in [0.4, 0.5) is 0 Å². The fraction of sp³-hybridized carbons (Fsp3) is 0.882. The number of hydrogen-bond acceptors (Lipinski definition) is 2. The van der Waals surface area contributed by atoms with Crippen LogP contribution in [0.25, 0.3) is 0 Å². The fourth-order valence-corrected chi connectivity index (χ4v) is 3.91. The quantitative estimate of drug-likeness (QED) is 0.780. The lowest BCUT2D eigenvalue weighted by Crippen LogP contribution is -2.48. The summed E-state index contributed by atoms with van der Waals surface area (Å²) in [4.78, 5) is 12.7. The van der Waals surface area contributed by atoms with E-state index in [1.807, 2.05) is 0 Å². The molecule has 0 bridgehead atoms. The number of amides is 1. The van der Waals surface area contributed by atoms with Gasteiger partial charge in [-0.1, -0.05) is 39.5 Å². The van der Waals surface area contributed by atoms with Crippen LogP contribution in [0, 0.1) is 28.6 Å². The molecule has 0 radical (unpaired) electrons. The monoisotopic (exact) mass is 276 g/mol. The van der Waals surface area contributed by atoms with E-state index in [1.54, 1.807) is 0 Å². The van der Waals surface area contributed by atoms with Gasteiger partial charge in [0.2, 0.25) is 5.91 Å². The van der Waals surface area contributed by atoms with Gasteiger partial charge < -0.3 is 5.32 Å². The highest BCUT2D eigenvalue weighted by atomic mass is 16.2. The van der Waals surface area contributed by atoms with Crippen molar-refractivity contribution in [3.63, 3.8) is 0 Å². The largest absolute Gasteiger partial charge is 0.352 e. The topological polar surface area (TPSA) is 52.9 Å². The molecule has 3 nitrogen and oxygen atoms in total. The van der Waals surface area contributed by atoms with Crippen LogP contribution in [0.1, 0.15) is 71.6 Å². The zero-order valence-corrected chi connectivity index (χ0v) is 13.0. The first kappa shape index (κ1) is 15.4. The Morgan fingerprint density at radius 2 is 1.80 bits per heavy atom. The summed E-state index contributed by atoms with van der Waals surface area (Å²) in [5.74, 6) is 1.30. The second-order valence-electron chi connectivity index (χ2n) is 7.08. The van der Waals surface area contributed by atoms with Gasteiger partial charge >= 0.3 is 0 Å². The van der Waals surface area contributed by atoms with Crippen molar-refractivity contribution >= 4 is 5.91 Å². The van der Waals surface area contributed by atoms with Crippen molar-refractivity contribution in [2.45, 2.75) is 77.7 Å². The standard InChI is InChI=1S/C17H28N2O/c1-13-7-8-15(14(2)11-13)19-16(20)17(12-18)9-5-3-4-6-10-17/h13-15H,3-11H2,1-2H3,(H,19,20). The average molecular weight is 276 g/mol. The Morgan fingerprint density at radius 1 is 1.15 bits per heavy atom. The third-order valence-electron chi connectivity index (χ3n) is 5.35.